The van der Waals surface area contributed by atoms with Gasteiger partial charge in [0.1, 0.15) is 12.0 Å². The van der Waals surface area contributed by atoms with Crippen molar-refractivity contribution in [2.24, 2.45) is 0 Å². The maximum absolute atomic E-state index is 10.4. The summed E-state index contributed by atoms with van der Waals surface area (Å²) in [7, 11) is 1.57. The normalized spacial score (nSPS) is 10.0. The number of carbonyl (C=O) groups excluding carboxylic acids is 1. The van der Waals surface area contributed by atoms with Crippen molar-refractivity contribution >= 4 is 33.8 Å². The molecule has 0 saturated heterocycles. The minimum atomic E-state index is 0.307. The number of methoxy groups -OCH3 is 1. The zero-order valence-electron chi connectivity index (χ0n) is 7.93. The molecule has 1 rings (SSSR count). The Balaban J connectivity index is 3.35. The van der Waals surface area contributed by atoms with Gasteiger partial charge in [0, 0.05) is 17.0 Å². The molecule has 0 spiro atoms. The first-order valence-electron chi connectivity index (χ1n) is 4.07. The fourth-order valence-electron chi connectivity index (χ4n) is 1.20. The second kappa shape index (κ2) is 4.80. The van der Waals surface area contributed by atoms with E-state index in [1.807, 2.05) is 6.92 Å². The van der Waals surface area contributed by atoms with Gasteiger partial charge < -0.3 is 9.53 Å². The number of rotatable bonds is 3. The molecule has 0 N–H and O–H groups in total. The van der Waals surface area contributed by atoms with E-state index in [9.17, 15) is 4.79 Å². The van der Waals surface area contributed by atoms with Crippen LogP contribution in [0.1, 0.15) is 11.1 Å². The van der Waals surface area contributed by atoms with Crippen molar-refractivity contribution in [3.63, 3.8) is 0 Å². The van der Waals surface area contributed by atoms with E-state index < -0.39 is 0 Å². The quantitative estimate of drug-likeness (QED) is 0.793. The van der Waals surface area contributed by atoms with Gasteiger partial charge in [-0.05, 0) is 34.5 Å². The lowest BCUT2D eigenvalue weighted by atomic mass is 10.1. The molecule has 0 atom stereocenters. The number of benzene rings is 1. The Morgan fingerprint density at radius 1 is 1.64 bits per heavy atom. The van der Waals surface area contributed by atoms with E-state index in [0.717, 1.165) is 21.9 Å². The first-order valence-corrected chi connectivity index (χ1v) is 5.24. The molecule has 14 heavy (non-hydrogen) atoms. The summed E-state index contributed by atoms with van der Waals surface area (Å²) >= 11 is 9.37. The van der Waals surface area contributed by atoms with Crippen molar-refractivity contribution < 1.29 is 9.53 Å². The monoisotopic (exact) mass is 276 g/mol. The molecule has 1 aromatic carbocycles. The third-order valence-corrected chi connectivity index (χ3v) is 3.33. The molecule has 0 amide bonds. The number of hydrogen-bond donors (Lipinski definition) is 0. The van der Waals surface area contributed by atoms with Gasteiger partial charge in [-0.1, -0.05) is 11.6 Å². The minimum Gasteiger partial charge on any atom is -0.495 e. The van der Waals surface area contributed by atoms with Gasteiger partial charge in [0.15, 0.2) is 0 Å². The Bertz CT molecular complexity index is 364. The maximum Gasteiger partial charge on any atom is 0.137 e. The highest BCUT2D eigenvalue weighted by Crippen LogP contribution is 2.36. The van der Waals surface area contributed by atoms with Crippen LogP contribution < -0.4 is 4.74 Å². The predicted octanol–water partition coefficient (Wildman–Crippen LogP) is 3.16. The third-order valence-electron chi connectivity index (χ3n) is 1.99. The van der Waals surface area contributed by atoms with E-state index in [4.69, 9.17) is 16.3 Å². The lowest BCUT2D eigenvalue weighted by Crippen LogP contribution is -1.96. The van der Waals surface area contributed by atoms with Crippen molar-refractivity contribution in [1.82, 2.24) is 0 Å². The van der Waals surface area contributed by atoms with E-state index in [0.29, 0.717) is 17.2 Å². The summed E-state index contributed by atoms with van der Waals surface area (Å²) in [4.78, 5) is 10.4. The Labute approximate surface area is 96.3 Å². The summed E-state index contributed by atoms with van der Waals surface area (Å²) < 4.78 is 6.01. The fraction of sp³-hybridized carbons (Fsp3) is 0.300. The van der Waals surface area contributed by atoms with Crippen LogP contribution in [0.4, 0.5) is 0 Å². The molecule has 2 nitrogen and oxygen atoms in total. The van der Waals surface area contributed by atoms with Crippen LogP contribution in [0.15, 0.2) is 10.5 Å². The first kappa shape index (κ1) is 11.5. The fourth-order valence-corrected chi connectivity index (χ4v) is 2.18. The summed E-state index contributed by atoms with van der Waals surface area (Å²) in [6, 6.07) is 1.76. The topological polar surface area (TPSA) is 26.3 Å². The lowest BCUT2D eigenvalue weighted by Gasteiger charge is -2.12. The van der Waals surface area contributed by atoms with E-state index in [1.54, 1.807) is 13.2 Å². The molecule has 0 aliphatic rings. The van der Waals surface area contributed by atoms with E-state index >= 15 is 0 Å². The van der Waals surface area contributed by atoms with Gasteiger partial charge in [-0.3, -0.25) is 0 Å². The van der Waals surface area contributed by atoms with Crippen molar-refractivity contribution in [2.45, 2.75) is 13.3 Å². The Hall–Kier alpha value is -0.540. The lowest BCUT2D eigenvalue weighted by molar-refractivity contribution is -0.107. The van der Waals surface area contributed by atoms with E-state index in [-0.39, 0.29) is 0 Å². The molecule has 0 aliphatic heterocycles. The van der Waals surface area contributed by atoms with Crippen molar-refractivity contribution in [1.29, 1.82) is 0 Å². The minimum absolute atomic E-state index is 0.307. The smallest absolute Gasteiger partial charge is 0.137 e. The standard InChI is InChI=1S/C10H10BrClO2/c1-6-8(12)5-7(3-4-13)10(14-2)9(6)11/h4-5H,3H2,1-2H3. The number of carbonyl (C=O) groups is 1. The molecule has 0 aromatic heterocycles. The summed E-state index contributed by atoms with van der Waals surface area (Å²) in [6.45, 7) is 1.89. The van der Waals surface area contributed by atoms with Crippen LogP contribution in [-0.2, 0) is 11.2 Å². The van der Waals surface area contributed by atoms with E-state index in [2.05, 4.69) is 15.9 Å². The molecule has 0 radical (unpaired) electrons. The first-order chi connectivity index (χ1) is 6.61. The molecular weight excluding hydrogens is 267 g/mol. The van der Waals surface area contributed by atoms with Gasteiger partial charge >= 0.3 is 0 Å². The van der Waals surface area contributed by atoms with Crippen LogP contribution in [0.2, 0.25) is 5.02 Å². The molecule has 0 fully saturated rings. The molecular formula is C10H10BrClO2. The Kier molecular flexibility index (Phi) is 3.96. The summed E-state index contributed by atoms with van der Waals surface area (Å²) in [5.74, 6) is 0.680. The SMILES string of the molecule is COc1c(CC=O)cc(Cl)c(C)c1Br. The largest absolute Gasteiger partial charge is 0.495 e. The molecule has 0 heterocycles. The molecule has 0 aliphatic carbocycles. The van der Waals surface area contributed by atoms with Crippen LogP contribution in [-0.4, -0.2) is 13.4 Å². The van der Waals surface area contributed by atoms with Gasteiger partial charge in [-0.2, -0.15) is 0 Å². The van der Waals surface area contributed by atoms with Crippen molar-refractivity contribution in [3.8, 4) is 5.75 Å². The van der Waals surface area contributed by atoms with Crippen LogP contribution in [0.3, 0.4) is 0 Å². The average molecular weight is 278 g/mol. The molecule has 1 aromatic rings. The van der Waals surface area contributed by atoms with Gasteiger partial charge in [0.05, 0.1) is 11.6 Å². The van der Waals surface area contributed by atoms with Crippen molar-refractivity contribution in [2.75, 3.05) is 7.11 Å². The summed E-state index contributed by atoms with van der Waals surface area (Å²) in [5.41, 5.74) is 1.71. The molecule has 0 saturated carbocycles. The van der Waals surface area contributed by atoms with E-state index in [1.165, 1.54) is 0 Å². The highest BCUT2D eigenvalue weighted by atomic mass is 79.9. The van der Waals surface area contributed by atoms with Gasteiger partial charge in [-0.25, -0.2) is 0 Å². The highest BCUT2D eigenvalue weighted by Gasteiger charge is 2.12. The summed E-state index contributed by atoms with van der Waals surface area (Å²) in [5, 5.41) is 0.634. The number of aldehydes is 1. The molecule has 76 valence electrons. The summed E-state index contributed by atoms with van der Waals surface area (Å²) in [6.07, 6.45) is 1.14. The second-order valence-electron chi connectivity index (χ2n) is 2.86. The number of halogens is 2. The average Bonchev–Trinajstić information content (AvgIpc) is 2.16. The van der Waals surface area contributed by atoms with Crippen LogP contribution in [0.5, 0.6) is 5.75 Å². The second-order valence-corrected chi connectivity index (χ2v) is 4.06. The van der Waals surface area contributed by atoms with Crippen LogP contribution >= 0.6 is 27.5 Å². The third kappa shape index (κ3) is 2.10. The molecule has 0 unspecified atom stereocenters. The molecule has 0 bridgehead atoms. The van der Waals surface area contributed by atoms with Crippen molar-refractivity contribution in [3.05, 3.63) is 26.7 Å². The number of hydrogen-bond acceptors (Lipinski definition) is 2. The zero-order chi connectivity index (χ0) is 10.7. The van der Waals surface area contributed by atoms with Gasteiger partial charge in [0.25, 0.3) is 0 Å². The predicted molar refractivity (Wildman–Crippen MR) is 60.2 cm³/mol. The van der Waals surface area contributed by atoms with Gasteiger partial charge in [-0.15, -0.1) is 0 Å². The Morgan fingerprint density at radius 2 is 2.29 bits per heavy atom. The highest BCUT2D eigenvalue weighted by molar-refractivity contribution is 9.10. The Morgan fingerprint density at radius 3 is 2.79 bits per heavy atom. The van der Waals surface area contributed by atoms with Crippen LogP contribution in [0, 0.1) is 6.92 Å². The number of ether oxygens (including phenoxy) is 1. The molecule has 4 heteroatoms. The van der Waals surface area contributed by atoms with Crippen LogP contribution in [0.25, 0.3) is 0 Å². The van der Waals surface area contributed by atoms with Gasteiger partial charge in [0.2, 0.25) is 0 Å². The zero-order valence-corrected chi connectivity index (χ0v) is 10.3. The maximum atomic E-state index is 10.4.